The van der Waals surface area contributed by atoms with Gasteiger partial charge in [-0.1, -0.05) is 6.07 Å². The van der Waals surface area contributed by atoms with Crippen LogP contribution in [-0.2, 0) is 0 Å². The van der Waals surface area contributed by atoms with Gasteiger partial charge in [0.1, 0.15) is 0 Å². The van der Waals surface area contributed by atoms with Crippen molar-refractivity contribution in [3.05, 3.63) is 28.7 Å². The number of rotatable bonds is 1. The molecule has 2 aromatic rings. The molecule has 90 valence electrons. The van der Waals surface area contributed by atoms with Gasteiger partial charge in [0, 0.05) is 6.04 Å². The molecule has 0 radical (unpaired) electrons. The van der Waals surface area contributed by atoms with Crippen molar-refractivity contribution < 1.29 is 0 Å². The van der Waals surface area contributed by atoms with E-state index in [2.05, 4.69) is 10.3 Å². The predicted molar refractivity (Wildman–Crippen MR) is 68.1 cm³/mol. The van der Waals surface area contributed by atoms with Crippen LogP contribution in [0.2, 0.25) is 0 Å². The van der Waals surface area contributed by atoms with Gasteiger partial charge >= 0.3 is 5.69 Å². The number of nitrogens with zero attached hydrogens (tertiary/aromatic N) is 1. The molecule has 5 heteroatoms. The summed E-state index contributed by atoms with van der Waals surface area (Å²) in [5.74, 6) is 0. The SMILES string of the molecule is Nc1cccc2c1[nH]c(=O)n2C1CCNCC1. The first-order valence-corrected chi connectivity index (χ1v) is 5.97. The number of nitrogens with two attached hydrogens (primary N) is 1. The van der Waals surface area contributed by atoms with Crippen molar-refractivity contribution in [2.75, 3.05) is 18.8 Å². The zero-order chi connectivity index (χ0) is 11.8. The van der Waals surface area contributed by atoms with Gasteiger partial charge in [0.25, 0.3) is 0 Å². The van der Waals surface area contributed by atoms with Crippen LogP contribution in [0.25, 0.3) is 11.0 Å². The number of imidazole rings is 1. The maximum absolute atomic E-state index is 12.0. The standard InChI is InChI=1S/C12H16N4O/c13-9-2-1-3-10-11(9)15-12(17)16(10)8-4-6-14-7-5-8/h1-3,8,14H,4-7,13H2,(H,15,17). The number of nitrogens with one attached hydrogen (secondary N) is 2. The van der Waals surface area contributed by atoms with E-state index in [0.717, 1.165) is 37.0 Å². The second-order valence-corrected chi connectivity index (χ2v) is 4.52. The second-order valence-electron chi connectivity index (χ2n) is 4.52. The quantitative estimate of drug-likeness (QED) is 0.638. The summed E-state index contributed by atoms with van der Waals surface area (Å²) in [5.41, 5.74) is 8.13. The fourth-order valence-electron chi connectivity index (χ4n) is 2.60. The normalized spacial score (nSPS) is 17.6. The number of para-hydroxylation sites is 1. The summed E-state index contributed by atoms with van der Waals surface area (Å²) >= 11 is 0. The van der Waals surface area contributed by atoms with Crippen molar-refractivity contribution in [3.63, 3.8) is 0 Å². The first-order chi connectivity index (χ1) is 8.27. The molecule has 1 aromatic heterocycles. The largest absolute Gasteiger partial charge is 0.397 e. The minimum absolute atomic E-state index is 0.0511. The van der Waals surface area contributed by atoms with Crippen LogP contribution in [0.5, 0.6) is 0 Å². The molecule has 0 atom stereocenters. The lowest BCUT2D eigenvalue weighted by Crippen LogP contribution is -2.33. The zero-order valence-electron chi connectivity index (χ0n) is 9.57. The van der Waals surface area contributed by atoms with Gasteiger partial charge < -0.3 is 16.0 Å². The molecule has 3 rings (SSSR count). The average Bonchev–Trinajstić information content (AvgIpc) is 2.68. The van der Waals surface area contributed by atoms with E-state index >= 15 is 0 Å². The van der Waals surface area contributed by atoms with Crippen LogP contribution >= 0.6 is 0 Å². The third-order valence-electron chi connectivity index (χ3n) is 3.46. The Balaban J connectivity index is 2.18. The Morgan fingerprint density at radius 2 is 2.06 bits per heavy atom. The van der Waals surface area contributed by atoms with Crippen molar-refractivity contribution in [1.29, 1.82) is 0 Å². The number of nitrogen functional groups attached to an aromatic ring is 1. The summed E-state index contributed by atoms with van der Waals surface area (Å²) < 4.78 is 1.85. The highest BCUT2D eigenvalue weighted by molar-refractivity contribution is 5.87. The molecule has 4 N–H and O–H groups in total. The third-order valence-corrected chi connectivity index (χ3v) is 3.46. The van der Waals surface area contributed by atoms with Crippen molar-refractivity contribution >= 4 is 16.7 Å². The molecule has 1 aliphatic heterocycles. The Bertz CT molecular complexity index is 592. The molecule has 0 bridgehead atoms. The Kier molecular flexibility index (Phi) is 2.40. The van der Waals surface area contributed by atoms with Gasteiger partial charge in [-0.15, -0.1) is 0 Å². The van der Waals surface area contributed by atoms with Gasteiger partial charge in [-0.25, -0.2) is 4.79 Å². The summed E-state index contributed by atoms with van der Waals surface area (Å²) in [7, 11) is 0. The lowest BCUT2D eigenvalue weighted by molar-refractivity contribution is 0.368. The van der Waals surface area contributed by atoms with E-state index in [-0.39, 0.29) is 11.7 Å². The van der Waals surface area contributed by atoms with Crippen molar-refractivity contribution in [3.8, 4) is 0 Å². The number of anilines is 1. The van der Waals surface area contributed by atoms with Crippen LogP contribution in [0.1, 0.15) is 18.9 Å². The Morgan fingerprint density at radius 3 is 2.82 bits per heavy atom. The predicted octanol–water partition coefficient (Wildman–Crippen LogP) is 0.836. The monoisotopic (exact) mass is 232 g/mol. The number of hydrogen-bond acceptors (Lipinski definition) is 3. The molecule has 0 amide bonds. The molecule has 0 aliphatic carbocycles. The van der Waals surface area contributed by atoms with Crippen molar-refractivity contribution in [2.45, 2.75) is 18.9 Å². The summed E-state index contributed by atoms with van der Waals surface area (Å²) in [4.78, 5) is 14.9. The Hall–Kier alpha value is -1.75. The van der Waals surface area contributed by atoms with Gasteiger partial charge in [-0.2, -0.15) is 0 Å². The molecular weight excluding hydrogens is 216 g/mol. The number of hydrogen-bond donors (Lipinski definition) is 3. The zero-order valence-corrected chi connectivity index (χ0v) is 9.57. The molecule has 1 aromatic carbocycles. The number of piperidine rings is 1. The van der Waals surface area contributed by atoms with Gasteiger partial charge in [0.05, 0.1) is 16.7 Å². The number of aromatic amines is 1. The van der Waals surface area contributed by atoms with Crippen LogP contribution in [0.4, 0.5) is 5.69 Å². The van der Waals surface area contributed by atoms with Crippen LogP contribution < -0.4 is 16.7 Å². The van der Waals surface area contributed by atoms with E-state index in [4.69, 9.17) is 5.73 Å². The highest BCUT2D eigenvalue weighted by Crippen LogP contribution is 2.24. The van der Waals surface area contributed by atoms with E-state index in [1.165, 1.54) is 0 Å². The molecule has 1 fully saturated rings. The lowest BCUT2D eigenvalue weighted by Gasteiger charge is -2.23. The highest BCUT2D eigenvalue weighted by atomic mass is 16.1. The van der Waals surface area contributed by atoms with Gasteiger partial charge in [-0.05, 0) is 38.1 Å². The third kappa shape index (κ3) is 1.63. The lowest BCUT2D eigenvalue weighted by atomic mass is 10.1. The minimum Gasteiger partial charge on any atom is -0.397 e. The molecule has 0 unspecified atom stereocenters. The first kappa shape index (κ1) is 10.4. The Labute approximate surface area is 98.6 Å². The maximum Gasteiger partial charge on any atom is 0.326 e. The van der Waals surface area contributed by atoms with Crippen LogP contribution in [0.3, 0.4) is 0 Å². The van der Waals surface area contributed by atoms with Crippen LogP contribution in [0, 0.1) is 0 Å². The van der Waals surface area contributed by atoms with Crippen molar-refractivity contribution in [2.24, 2.45) is 0 Å². The summed E-state index contributed by atoms with van der Waals surface area (Å²) in [6, 6.07) is 5.93. The fraction of sp³-hybridized carbons (Fsp3) is 0.417. The van der Waals surface area contributed by atoms with Gasteiger partial charge in [0.2, 0.25) is 0 Å². The molecule has 1 aliphatic rings. The number of fused-ring (bicyclic) bond motifs is 1. The Morgan fingerprint density at radius 1 is 1.29 bits per heavy atom. The summed E-state index contributed by atoms with van der Waals surface area (Å²) in [6.45, 7) is 1.93. The average molecular weight is 232 g/mol. The highest BCUT2D eigenvalue weighted by Gasteiger charge is 2.19. The van der Waals surface area contributed by atoms with Crippen LogP contribution in [-0.4, -0.2) is 22.6 Å². The molecular formula is C12H16N4O. The smallest absolute Gasteiger partial charge is 0.326 e. The molecule has 0 saturated carbocycles. The molecule has 5 nitrogen and oxygen atoms in total. The number of aromatic nitrogens is 2. The number of benzene rings is 1. The van der Waals surface area contributed by atoms with E-state index in [0.29, 0.717) is 5.69 Å². The van der Waals surface area contributed by atoms with Gasteiger partial charge in [-0.3, -0.25) is 4.57 Å². The second kappa shape index (κ2) is 3.92. The number of H-pyrrole nitrogens is 1. The first-order valence-electron chi connectivity index (χ1n) is 5.97. The summed E-state index contributed by atoms with van der Waals surface area (Å²) in [5, 5.41) is 3.31. The van der Waals surface area contributed by atoms with E-state index in [9.17, 15) is 4.79 Å². The molecule has 17 heavy (non-hydrogen) atoms. The summed E-state index contributed by atoms with van der Waals surface area (Å²) in [6.07, 6.45) is 1.98. The van der Waals surface area contributed by atoms with E-state index in [1.54, 1.807) is 0 Å². The molecule has 1 saturated heterocycles. The van der Waals surface area contributed by atoms with E-state index < -0.39 is 0 Å². The molecule has 0 spiro atoms. The van der Waals surface area contributed by atoms with Crippen molar-refractivity contribution in [1.82, 2.24) is 14.9 Å². The van der Waals surface area contributed by atoms with Crippen LogP contribution in [0.15, 0.2) is 23.0 Å². The van der Waals surface area contributed by atoms with E-state index in [1.807, 2.05) is 22.8 Å². The maximum atomic E-state index is 12.0. The topological polar surface area (TPSA) is 75.8 Å². The van der Waals surface area contributed by atoms with Gasteiger partial charge in [0.15, 0.2) is 0 Å². The molecule has 2 heterocycles. The minimum atomic E-state index is -0.0511. The fourth-order valence-corrected chi connectivity index (χ4v) is 2.60.